The van der Waals surface area contributed by atoms with Crippen LogP contribution >= 0.6 is 0 Å². The minimum Gasteiger partial charge on any atom is -0.342 e. The van der Waals surface area contributed by atoms with Crippen LogP contribution in [-0.4, -0.2) is 15.0 Å². The highest BCUT2D eigenvalue weighted by molar-refractivity contribution is 5.82. The first-order valence-electron chi connectivity index (χ1n) is 11.3. The summed E-state index contributed by atoms with van der Waals surface area (Å²) in [6.07, 6.45) is 10.2. The number of nitrogens with zero attached hydrogens (tertiary/aromatic N) is 2. The van der Waals surface area contributed by atoms with Gasteiger partial charge in [0.1, 0.15) is 11.6 Å². The Kier molecular flexibility index (Phi) is 4.33. The van der Waals surface area contributed by atoms with Crippen molar-refractivity contribution in [3.8, 4) is 0 Å². The molecule has 6 rings (SSSR count). The number of imidazole rings is 1. The number of nitrogens with one attached hydrogen (secondary N) is 1. The van der Waals surface area contributed by atoms with Gasteiger partial charge in [0.2, 0.25) is 0 Å². The minimum atomic E-state index is -0.180. The first-order valence-corrected chi connectivity index (χ1v) is 11.3. The molecule has 2 fully saturated rings. The molecule has 2 aromatic carbocycles. The SMILES string of the molecule is Fc1ccc2nccc([C@H]3CC[C@@H](Cc4nc5cc(C6CC6)ccc5[nH]4)CC3)c2c1. The van der Waals surface area contributed by atoms with Gasteiger partial charge in [0, 0.05) is 18.0 Å². The van der Waals surface area contributed by atoms with Crippen molar-refractivity contribution in [3.63, 3.8) is 0 Å². The van der Waals surface area contributed by atoms with E-state index in [1.54, 1.807) is 12.1 Å². The molecule has 2 aliphatic rings. The topological polar surface area (TPSA) is 41.6 Å². The van der Waals surface area contributed by atoms with Crippen LogP contribution in [0.5, 0.6) is 0 Å². The highest BCUT2D eigenvalue weighted by Gasteiger charge is 2.26. The van der Waals surface area contributed by atoms with Gasteiger partial charge < -0.3 is 4.98 Å². The van der Waals surface area contributed by atoms with Crippen LogP contribution in [0.25, 0.3) is 21.9 Å². The third kappa shape index (κ3) is 3.38. The molecule has 0 amide bonds. The molecule has 0 atom stereocenters. The molecular weight excluding hydrogens is 373 g/mol. The summed E-state index contributed by atoms with van der Waals surface area (Å²) in [4.78, 5) is 12.9. The molecule has 30 heavy (non-hydrogen) atoms. The number of hydrogen-bond donors (Lipinski definition) is 1. The van der Waals surface area contributed by atoms with Crippen LogP contribution in [0.1, 0.15) is 67.3 Å². The van der Waals surface area contributed by atoms with Crippen molar-refractivity contribution in [2.24, 2.45) is 5.92 Å². The van der Waals surface area contributed by atoms with Crippen LogP contribution in [0.3, 0.4) is 0 Å². The van der Waals surface area contributed by atoms with E-state index >= 15 is 0 Å². The predicted molar refractivity (Wildman–Crippen MR) is 118 cm³/mol. The lowest BCUT2D eigenvalue weighted by molar-refractivity contribution is 0.322. The lowest BCUT2D eigenvalue weighted by Crippen LogP contribution is -2.16. The molecular formula is C26H26FN3. The van der Waals surface area contributed by atoms with Crippen LogP contribution in [0.2, 0.25) is 0 Å². The van der Waals surface area contributed by atoms with E-state index in [9.17, 15) is 4.39 Å². The van der Waals surface area contributed by atoms with Crippen molar-refractivity contribution in [1.29, 1.82) is 0 Å². The van der Waals surface area contributed by atoms with Crippen molar-refractivity contribution in [1.82, 2.24) is 15.0 Å². The van der Waals surface area contributed by atoms with E-state index < -0.39 is 0 Å². The first kappa shape index (κ1) is 18.1. The van der Waals surface area contributed by atoms with Crippen molar-refractivity contribution in [3.05, 3.63) is 71.4 Å². The monoisotopic (exact) mass is 399 g/mol. The lowest BCUT2D eigenvalue weighted by Gasteiger charge is -2.29. The third-order valence-corrected chi connectivity index (χ3v) is 7.11. The Morgan fingerprint density at radius 2 is 1.70 bits per heavy atom. The zero-order valence-corrected chi connectivity index (χ0v) is 17.1. The Labute approximate surface area is 175 Å². The highest BCUT2D eigenvalue weighted by Crippen LogP contribution is 2.41. The molecule has 0 bridgehead atoms. The second-order valence-electron chi connectivity index (χ2n) is 9.22. The number of pyridine rings is 1. The number of H-pyrrole nitrogens is 1. The summed E-state index contributed by atoms with van der Waals surface area (Å²) in [5.41, 5.74) is 5.88. The molecule has 2 heterocycles. The standard InChI is InChI=1S/C26H26FN3/c27-20-8-10-23-22(15-20)21(11-12-28-23)18-3-1-16(2-4-18)13-26-29-24-9-7-19(17-5-6-17)14-25(24)30-26/h7-12,14-18H,1-6,13H2,(H,29,30)/t16-,18+. The molecule has 0 saturated heterocycles. The average Bonchev–Trinajstić information content (AvgIpc) is 3.54. The van der Waals surface area contributed by atoms with Crippen LogP contribution in [0.15, 0.2) is 48.7 Å². The van der Waals surface area contributed by atoms with Crippen molar-refractivity contribution >= 4 is 21.9 Å². The number of hydrogen-bond acceptors (Lipinski definition) is 2. The van der Waals surface area contributed by atoms with Crippen molar-refractivity contribution < 1.29 is 4.39 Å². The van der Waals surface area contributed by atoms with Crippen LogP contribution < -0.4 is 0 Å². The fraction of sp³-hybridized carbons (Fsp3) is 0.385. The average molecular weight is 400 g/mol. The van der Waals surface area contributed by atoms with E-state index in [2.05, 4.69) is 34.2 Å². The third-order valence-electron chi connectivity index (χ3n) is 7.11. The van der Waals surface area contributed by atoms with E-state index in [1.165, 1.54) is 42.9 Å². The van der Waals surface area contributed by atoms with Gasteiger partial charge in [0.15, 0.2) is 0 Å². The Hall–Kier alpha value is -2.75. The quantitative estimate of drug-likeness (QED) is 0.418. The Bertz CT molecular complexity index is 1220. The van der Waals surface area contributed by atoms with Crippen LogP contribution in [0, 0.1) is 11.7 Å². The number of halogens is 1. The highest BCUT2D eigenvalue weighted by atomic mass is 19.1. The number of aromatic amines is 1. The smallest absolute Gasteiger partial charge is 0.123 e. The lowest BCUT2D eigenvalue weighted by atomic mass is 9.77. The van der Waals surface area contributed by atoms with Gasteiger partial charge >= 0.3 is 0 Å². The van der Waals surface area contributed by atoms with Crippen molar-refractivity contribution in [2.75, 3.05) is 0 Å². The fourth-order valence-corrected chi connectivity index (χ4v) is 5.29. The molecule has 1 N–H and O–H groups in total. The minimum absolute atomic E-state index is 0.180. The van der Waals surface area contributed by atoms with Crippen LogP contribution in [0.4, 0.5) is 4.39 Å². The van der Waals surface area contributed by atoms with Gasteiger partial charge in [-0.2, -0.15) is 0 Å². The molecule has 0 spiro atoms. The zero-order chi connectivity index (χ0) is 20.1. The maximum atomic E-state index is 13.8. The molecule has 0 unspecified atom stereocenters. The molecule has 4 heteroatoms. The summed E-state index contributed by atoms with van der Waals surface area (Å²) in [5.74, 6) is 2.86. The maximum Gasteiger partial charge on any atom is 0.123 e. The summed E-state index contributed by atoms with van der Waals surface area (Å²) < 4.78 is 13.8. The molecule has 0 radical (unpaired) electrons. The normalized spacial score (nSPS) is 22.0. The predicted octanol–water partition coefficient (Wildman–Crippen LogP) is 6.64. The molecule has 4 aromatic rings. The van der Waals surface area contributed by atoms with E-state index in [1.807, 2.05) is 6.20 Å². The molecule has 152 valence electrons. The van der Waals surface area contributed by atoms with Gasteiger partial charge in [-0.1, -0.05) is 6.07 Å². The largest absolute Gasteiger partial charge is 0.342 e. The van der Waals surface area contributed by atoms with Crippen molar-refractivity contribution in [2.45, 2.75) is 56.8 Å². The second kappa shape index (κ2) is 7.19. The maximum absolute atomic E-state index is 13.8. The molecule has 2 aromatic heterocycles. The Morgan fingerprint density at radius 1 is 0.867 bits per heavy atom. The number of benzene rings is 2. The van der Waals surface area contributed by atoms with E-state index in [0.29, 0.717) is 11.8 Å². The van der Waals surface area contributed by atoms with Gasteiger partial charge in [0.05, 0.1) is 16.6 Å². The van der Waals surface area contributed by atoms with Gasteiger partial charge in [-0.05, 0) is 104 Å². The molecule has 2 saturated carbocycles. The summed E-state index contributed by atoms with van der Waals surface area (Å²) in [6, 6.07) is 13.8. The summed E-state index contributed by atoms with van der Waals surface area (Å²) >= 11 is 0. The van der Waals surface area contributed by atoms with Gasteiger partial charge in [0.25, 0.3) is 0 Å². The summed E-state index contributed by atoms with van der Waals surface area (Å²) in [7, 11) is 0. The molecule has 3 nitrogen and oxygen atoms in total. The number of fused-ring (bicyclic) bond motifs is 2. The van der Waals surface area contributed by atoms with E-state index in [0.717, 1.165) is 52.9 Å². The van der Waals surface area contributed by atoms with E-state index in [4.69, 9.17) is 4.98 Å². The summed E-state index contributed by atoms with van der Waals surface area (Å²) in [5, 5.41) is 0.977. The Balaban J connectivity index is 1.16. The molecule has 0 aliphatic heterocycles. The second-order valence-corrected chi connectivity index (χ2v) is 9.22. The van der Waals surface area contributed by atoms with E-state index in [-0.39, 0.29) is 5.82 Å². The fourth-order valence-electron chi connectivity index (χ4n) is 5.29. The van der Waals surface area contributed by atoms with Gasteiger partial charge in [-0.25, -0.2) is 9.37 Å². The van der Waals surface area contributed by atoms with Gasteiger partial charge in [-0.3, -0.25) is 4.98 Å². The zero-order valence-electron chi connectivity index (χ0n) is 17.1. The first-order chi connectivity index (χ1) is 14.7. The van der Waals surface area contributed by atoms with Crippen LogP contribution in [-0.2, 0) is 6.42 Å². The Morgan fingerprint density at radius 3 is 2.53 bits per heavy atom. The molecule has 2 aliphatic carbocycles. The number of rotatable bonds is 4. The summed E-state index contributed by atoms with van der Waals surface area (Å²) in [6.45, 7) is 0. The number of aromatic nitrogens is 3. The van der Waals surface area contributed by atoms with Gasteiger partial charge in [-0.15, -0.1) is 0 Å².